The average molecular weight is 470 g/mol. The first-order valence-corrected chi connectivity index (χ1v) is 12.2. The number of amides is 2. The minimum absolute atomic E-state index is 0.0550. The molecule has 6 nitrogen and oxygen atoms in total. The van der Waals surface area contributed by atoms with E-state index in [1.807, 2.05) is 12.1 Å². The molecule has 0 radical (unpaired) electrons. The van der Waals surface area contributed by atoms with Crippen molar-refractivity contribution in [3.8, 4) is 5.75 Å². The summed E-state index contributed by atoms with van der Waals surface area (Å²) in [4.78, 5) is 30.5. The van der Waals surface area contributed by atoms with Gasteiger partial charge in [0.1, 0.15) is 11.6 Å². The maximum absolute atomic E-state index is 13.7. The lowest BCUT2D eigenvalue weighted by molar-refractivity contribution is -0.129. The van der Waals surface area contributed by atoms with E-state index in [2.05, 4.69) is 24.1 Å². The Hall–Kier alpha value is -2.93. The Balaban J connectivity index is 1.84. The Morgan fingerprint density at radius 1 is 1.06 bits per heavy atom. The molecule has 1 aliphatic rings. The first kappa shape index (κ1) is 25.7. The molecule has 0 bridgehead atoms. The molecular weight excluding hydrogens is 433 g/mol. The van der Waals surface area contributed by atoms with Gasteiger partial charge in [-0.25, -0.2) is 4.39 Å². The molecule has 1 N–H and O–H groups in total. The Kier molecular flexibility index (Phi) is 9.45. The van der Waals surface area contributed by atoms with Gasteiger partial charge in [-0.05, 0) is 74.3 Å². The van der Waals surface area contributed by atoms with Crippen LogP contribution in [-0.4, -0.2) is 50.0 Å². The predicted molar refractivity (Wildman–Crippen MR) is 132 cm³/mol. The van der Waals surface area contributed by atoms with Gasteiger partial charge in [0.25, 0.3) is 0 Å². The lowest BCUT2D eigenvalue weighted by Gasteiger charge is -2.41. The highest BCUT2D eigenvalue weighted by Crippen LogP contribution is 2.40. The second-order valence-electron chi connectivity index (χ2n) is 8.74. The number of carbonyl (C=O) groups excluding carboxylic acids is 2. The number of anilines is 1. The average Bonchev–Trinajstić information content (AvgIpc) is 2.84. The van der Waals surface area contributed by atoms with Crippen molar-refractivity contribution in [1.29, 1.82) is 0 Å². The minimum Gasteiger partial charge on any atom is -0.497 e. The van der Waals surface area contributed by atoms with E-state index in [1.54, 1.807) is 36.3 Å². The van der Waals surface area contributed by atoms with Gasteiger partial charge in [0.2, 0.25) is 11.8 Å². The van der Waals surface area contributed by atoms with Crippen molar-refractivity contribution in [3.05, 3.63) is 59.9 Å². The topological polar surface area (TPSA) is 61.9 Å². The third-order valence-corrected chi connectivity index (χ3v) is 6.30. The fourth-order valence-corrected chi connectivity index (χ4v) is 4.69. The normalized spacial score (nSPS) is 18.3. The number of halogens is 1. The molecule has 7 heteroatoms. The van der Waals surface area contributed by atoms with Gasteiger partial charge in [0, 0.05) is 25.2 Å². The van der Waals surface area contributed by atoms with Gasteiger partial charge in [-0.15, -0.1) is 0 Å². The number of rotatable bonds is 11. The van der Waals surface area contributed by atoms with Crippen LogP contribution >= 0.6 is 0 Å². The lowest BCUT2D eigenvalue weighted by Crippen LogP contribution is -2.49. The first-order valence-electron chi connectivity index (χ1n) is 12.2. The standard InChI is InChI=1S/C27H36FN3O3/c1-4-17-30(18-5-2)19-16-29-27(33)24-14-15-25(32)31(22-10-12-23(34-3)13-11-22)26(24)20-6-8-21(28)9-7-20/h6-13,24,26H,4-5,14-19H2,1-3H3,(H,29,33)/t24-,26-/m0/s1. The van der Waals surface area contributed by atoms with E-state index in [9.17, 15) is 14.0 Å². The van der Waals surface area contributed by atoms with Gasteiger partial charge in [0.05, 0.1) is 19.1 Å². The maximum Gasteiger partial charge on any atom is 0.227 e. The molecule has 3 rings (SSSR count). The van der Waals surface area contributed by atoms with Gasteiger partial charge >= 0.3 is 0 Å². The van der Waals surface area contributed by atoms with Gasteiger partial charge in [-0.1, -0.05) is 26.0 Å². The summed E-state index contributed by atoms with van der Waals surface area (Å²) in [6.07, 6.45) is 2.87. The molecule has 34 heavy (non-hydrogen) atoms. The van der Waals surface area contributed by atoms with Crippen LogP contribution in [0.15, 0.2) is 48.5 Å². The van der Waals surface area contributed by atoms with Crippen LogP contribution in [0.1, 0.15) is 51.1 Å². The molecule has 1 saturated heterocycles. The number of nitrogens with one attached hydrogen (secondary N) is 1. The molecule has 2 amide bonds. The highest BCUT2D eigenvalue weighted by atomic mass is 19.1. The molecule has 184 valence electrons. The van der Waals surface area contributed by atoms with Crippen LogP contribution in [-0.2, 0) is 9.59 Å². The summed E-state index contributed by atoms with van der Waals surface area (Å²) in [7, 11) is 1.59. The number of ether oxygens (including phenoxy) is 1. The number of nitrogens with zero attached hydrogens (tertiary/aromatic N) is 2. The van der Waals surface area contributed by atoms with Crippen molar-refractivity contribution in [2.75, 3.05) is 38.2 Å². The second-order valence-corrected chi connectivity index (χ2v) is 8.74. The third kappa shape index (κ3) is 6.35. The predicted octanol–water partition coefficient (Wildman–Crippen LogP) is 4.56. The molecule has 1 heterocycles. The van der Waals surface area contributed by atoms with Gasteiger partial charge in [-0.2, -0.15) is 0 Å². The van der Waals surface area contributed by atoms with E-state index in [-0.39, 0.29) is 24.1 Å². The Morgan fingerprint density at radius 2 is 1.71 bits per heavy atom. The highest BCUT2D eigenvalue weighted by molar-refractivity contribution is 5.97. The molecule has 2 atom stereocenters. The molecule has 2 aromatic carbocycles. The van der Waals surface area contributed by atoms with E-state index >= 15 is 0 Å². The smallest absolute Gasteiger partial charge is 0.227 e. The molecule has 1 aliphatic heterocycles. The van der Waals surface area contributed by atoms with Crippen molar-refractivity contribution in [3.63, 3.8) is 0 Å². The van der Waals surface area contributed by atoms with E-state index in [0.29, 0.717) is 24.4 Å². The Morgan fingerprint density at radius 3 is 2.29 bits per heavy atom. The maximum atomic E-state index is 13.7. The van der Waals surface area contributed by atoms with Gasteiger partial charge in [-0.3, -0.25) is 9.59 Å². The summed E-state index contributed by atoms with van der Waals surface area (Å²) >= 11 is 0. The summed E-state index contributed by atoms with van der Waals surface area (Å²) in [5, 5.41) is 3.10. The SMILES string of the molecule is CCCN(CCC)CCNC(=O)[C@H]1CCC(=O)N(c2ccc(OC)cc2)[C@H]1c1ccc(F)cc1. The van der Waals surface area contributed by atoms with Gasteiger partial charge < -0.3 is 19.9 Å². The van der Waals surface area contributed by atoms with Crippen LogP contribution in [0.3, 0.4) is 0 Å². The Labute approximate surface area is 202 Å². The zero-order valence-corrected chi connectivity index (χ0v) is 20.4. The molecular formula is C27H36FN3O3. The summed E-state index contributed by atoms with van der Waals surface area (Å²) in [5.74, 6) is -0.232. The van der Waals surface area contributed by atoms with Gasteiger partial charge in [0.15, 0.2) is 0 Å². The molecule has 0 spiro atoms. The van der Waals surface area contributed by atoms with Crippen LogP contribution in [0.2, 0.25) is 0 Å². The summed E-state index contributed by atoms with van der Waals surface area (Å²) in [5.41, 5.74) is 1.43. The molecule has 0 aliphatic carbocycles. The number of piperidine rings is 1. The molecule has 0 aromatic heterocycles. The Bertz CT molecular complexity index is 927. The van der Waals surface area contributed by atoms with Crippen molar-refractivity contribution >= 4 is 17.5 Å². The third-order valence-electron chi connectivity index (χ3n) is 6.30. The number of carbonyl (C=O) groups is 2. The number of methoxy groups -OCH3 is 1. The van der Waals surface area contributed by atoms with E-state index in [0.717, 1.165) is 38.0 Å². The van der Waals surface area contributed by atoms with Crippen molar-refractivity contribution < 1.29 is 18.7 Å². The summed E-state index contributed by atoms with van der Waals surface area (Å²) in [6, 6.07) is 12.8. The quantitative estimate of drug-likeness (QED) is 0.524. The highest BCUT2D eigenvalue weighted by Gasteiger charge is 2.41. The van der Waals surface area contributed by atoms with Crippen molar-refractivity contribution in [1.82, 2.24) is 10.2 Å². The summed E-state index contributed by atoms with van der Waals surface area (Å²) < 4.78 is 18.9. The number of hydrogen-bond acceptors (Lipinski definition) is 4. The fraction of sp³-hybridized carbons (Fsp3) is 0.481. The van der Waals surface area contributed by atoms with E-state index in [1.165, 1.54) is 12.1 Å². The zero-order valence-electron chi connectivity index (χ0n) is 20.4. The molecule has 2 aromatic rings. The monoisotopic (exact) mass is 469 g/mol. The van der Waals surface area contributed by atoms with Crippen LogP contribution in [0.25, 0.3) is 0 Å². The van der Waals surface area contributed by atoms with Crippen LogP contribution < -0.4 is 15.0 Å². The van der Waals surface area contributed by atoms with E-state index < -0.39 is 12.0 Å². The van der Waals surface area contributed by atoms with E-state index in [4.69, 9.17) is 4.74 Å². The summed E-state index contributed by atoms with van der Waals surface area (Å²) in [6.45, 7) is 7.67. The lowest BCUT2D eigenvalue weighted by atomic mass is 9.83. The van der Waals surface area contributed by atoms with Crippen LogP contribution in [0.5, 0.6) is 5.75 Å². The minimum atomic E-state index is -0.516. The fourth-order valence-electron chi connectivity index (χ4n) is 4.69. The number of hydrogen-bond donors (Lipinski definition) is 1. The second kappa shape index (κ2) is 12.5. The first-order chi connectivity index (χ1) is 16.5. The molecule has 0 saturated carbocycles. The largest absolute Gasteiger partial charge is 0.497 e. The van der Waals surface area contributed by atoms with Crippen molar-refractivity contribution in [2.45, 2.75) is 45.6 Å². The molecule has 1 fully saturated rings. The zero-order chi connectivity index (χ0) is 24.5. The molecule has 0 unspecified atom stereocenters. The number of benzene rings is 2. The van der Waals surface area contributed by atoms with Crippen LogP contribution in [0.4, 0.5) is 10.1 Å². The van der Waals surface area contributed by atoms with Crippen molar-refractivity contribution in [2.24, 2.45) is 5.92 Å². The van der Waals surface area contributed by atoms with Crippen LogP contribution in [0, 0.1) is 11.7 Å².